The molecule has 0 bridgehead atoms. The summed E-state index contributed by atoms with van der Waals surface area (Å²) in [6.07, 6.45) is 1.70. The summed E-state index contributed by atoms with van der Waals surface area (Å²) in [6, 6.07) is 7.70. The molecule has 4 N–H and O–H groups in total. The van der Waals surface area contributed by atoms with Gasteiger partial charge in [0.15, 0.2) is 5.75 Å². The Morgan fingerprint density at radius 3 is 2.44 bits per heavy atom. The van der Waals surface area contributed by atoms with E-state index in [0.29, 0.717) is 43.7 Å². The van der Waals surface area contributed by atoms with Crippen molar-refractivity contribution < 1.29 is 28.9 Å². The maximum absolute atomic E-state index is 13.5. The molecular weight excluding hydrogens is 509 g/mol. The molecule has 0 unspecified atom stereocenters. The molecule has 1 aromatic carbocycles. The zero-order chi connectivity index (χ0) is 27.8. The standard InChI is InChI=1S/C27H32FN5O6/c28-20-5-3-18(4-6-20)15-19-16-21-23(31-17-19)24(34)22(26(36)33(21)10-2-8-30-27(37)38)25(35)29-7-1-9-32-11-13-39-14-12-32/h3-6,16-17,30,34H,1-2,7-15H2,(H,29,35)(H,37,38). The zero-order valence-corrected chi connectivity index (χ0v) is 21.5. The Bertz CT molecular complexity index is 1370. The third-order valence-corrected chi connectivity index (χ3v) is 6.56. The first-order chi connectivity index (χ1) is 18.8. The second kappa shape index (κ2) is 13.2. The van der Waals surface area contributed by atoms with Gasteiger partial charge in [-0.1, -0.05) is 12.1 Å². The van der Waals surface area contributed by atoms with Crippen molar-refractivity contribution in [1.82, 2.24) is 25.1 Å². The smallest absolute Gasteiger partial charge is 0.404 e. The minimum absolute atomic E-state index is 0.0853. The van der Waals surface area contributed by atoms with Crippen molar-refractivity contribution in [3.63, 3.8) is 0 Å². The lowest BCUT2D eigenvalue weighted by molar-refractivity contribution is 0.0374. The minimum atomic E-state index is -1.18. The molecule has 3 heterocycles. The summed E-state index contributed by atoms with van der Waals surface area (Å²) in [5, 5.41) is 24.8. The van der Waals surface area contributed by atoms with E-state index < -0.39 is 28.9 Å². The predicted octanol–water partition coefficient (Wildman–Crippen LogP) is 1.94. The number of carboxylic acid groups (broad SMARTS) is 1. The number of nitrogens with zero attached hydrogens (tertiary/aromatic N) is 3. The third-order valence-electron chi connectivity index (χ3n) is 6.56. The first-order valence-electron chi connectivity index (χ1n) is 12.9. The molecule has 12 heteroatoms. The monoisotopic (exact) mass is 541 g/mol. The molecule has 0 aliphatic carbocycles. The van der Waals surface area contributed by atoms with Crippen molar-refractivity contribution >= 4 is 23.0 Å². The lowest BCUT2D eigenvalue weighted by Gasteiger charge is -2.26. The van der Waals surface area contributed by atoms with Gasteiger partial charge in [0, 0.05) is 38.9 Å². The molecule has 1 aliphatic rings. The van der Waals surface area contributed by atoms with E-state index in [1.54, 1.807) is 18.2 Å². The van der Waals surface area contributed by atoms with E-state index in [2.05, 4.69) is 20.5 Å². The summed E-state index contributed by atoms with van der Waals surface area (Å²) in [6.45, 7) is 4.29. The van der Waals surface area contributed by atoms with Gasteiger partial charge < -0.3 is 30.2 Å². The number of fused-ring (bicyclic) bond motifs is 1. The van der Waals surface area contributed by atoms with Gasteiger partial charge >= 0.3 is 6.09 Å². The first kappa shape index (κ1) is 28.0. The molecule has 4 rings (SSSR count). The quantitative estimate of drug-likeness (QED) is 0.270. The number of ether oxygens (including phenoxy) is 1. The molecule has 2 amide bonds. The summed E-state index contributed by atoms with van der Waals surface area (Å²) in [7, 11) is 0. The average Bonchev–Trinajstić information content (AvgIpc) is 2.92. The number of rotatable bonds is 11. The Hall–Kier alpha value is -4.03. The van der Waals surface area contributed by atoms with Gasteiger partial charge in [-0.2, -0.15) is 0 Å². The number of pyridine rings is 2. The van der Waals surface area contributed by atoms with Gasteiger partial charge in [0.25, 0.3) is 11.5 Å². The van der Waals surface area contributed by atoms with Crippen molar-refractivity contribution in [3.05, 3.63) is 69.4 Å². The molecule has 0 spiro atoms. The van der Waals surface area contributed by atoms with Crippen LogP contribution in [0.1, 0.15) is 34.3 Å². The normalized spacial score (nSPS) is 13.9. The molecule has 208 valence electrons. The number of nitrogens with one attached hydrogen (secondary N) is 2. The van der Waals surface area contributed by atoms with E-state index in [1.807, 2.05) is 0 Å². The Kier molecular flexibility index (Phi) is 9.45. The van der Waals surface area contributed by atoms with Crippen molar-refractivity contribution in [2.75, 3.05) is 45.9 Å². The fraction of sp³-hybridized carbons (Fsp3) is 0.407. The number of carbonyl (C=O) groups excluding carboxylic acids is 1. The van der Waals surface area contributed by atoms with Crippen LogP contribution in [-0.2, 0) is 17.7 Å². The highest BCUT2D eigenvalue weighted by Crippen LogP contribution is 2.26. The Morgan fingerprint density at radius 2 is 1.72 bits per heavy atom. The van der Waals surface area contributed by atoms with Crippen LogP contribution < -0.4 is 16.2 Å². The molecule has 2 aromatic heterocycles. The highest BCUT2D eigenvalue weighted by atomic mass is 19.1. The molecule has 1 saturated heterocycles. The molecule has 0 radical (unpaired) electrons. The minimum Gasteiger partial charge on any atom is -0.505 e. The van der Waals surface area contributed by atoms with Crippen molar-refractivity contribution in [3.8, 4) is 5.75 Å². The van der Waals surface area contributed by atoms with Gasteiger partial charge in [0.1, 0.15) is 16.9 Å². The highest BCUT2D eigenvalue weighted by molar-refractivity contribution is 6.01. The van der Waals surface area contributed by atoms with Crippen LogP contribution in [0, 0.1) is 5.82 Å². The number of aromatic hydroxyl groups is 1. The average molecular weight is 542 g/mol. The molecule has 0 atom stereocenters. The second-order valence-corrected chi connectivity index (χ2v) is 9.34. The second-order valence-electron chi connectivity index (χ2n) is 9.34. The largest absolute Gasteiger partial charge is 0.505 e. The topological polar surface area (TPSA) is 146 Å². The Labute approximate surface area is 224 Å². The van der Waals surface area contributed by atoms with Crippen molar-refractivity contribution in [2.24, 2.45) is 0 Å². The van der Waals surface area contributed by atoms with Crippen LogP contribution in [0.15, 0.2) is 41.3 Å². The molecule has 0 saturated carbocycles. The summed E-state index contributed by atoms with van der Waals surface area (Å²) in [5.74, 6) is -1.55. The molecular formula is C27H32FN5O6. The first-order valence-corrected chi connectivity index (χ1v) is 12.9. The summed E-state index contributed by atoms with van der Waals surface area (Å²) >= 11 is 0. The number of benzene rings is 1. The van der Waals surface area contributed by atoms with Crippen LogP contribution >= 0.6 is 0 Å². The van der Waals surface area contributed by atoms with E-state index >= 15 is 0 Å². The van der Waals surface area contributed by atoms with E-state index in [0.717, 1.165) is 25.2 Å². The number of aryl methyl sites for hydroxylation is 1. The van der Waals surface area contributed by atoms with E-state index in [1.165, 1.54) is 22.9 Å². The highest BCUT2D eigenvalue weighted by Gasteiger charge is 2.23. The lowest BCUT2D eigenvalue weighted by atomic mass is 10.1. The van der Waals surface area contributed by atoms with Crippen LogP contribution in [0.25, 0.3) is 11.0 Å². The van der Waals surface area contributed by atoms with E-state index in [4.69, 9.17) is 9.84 Å². The number of amides is 2. The summed E-state index contributed by atoms with van der Waals surface area (Å²) in [4.78, 5) is 43.9. The number of morpholine rings is 1. The zero-order valence-electron chi connectivity index (χ0n) is 21.5. The third kappa shape index (κ3) is 7.30. The van der Waals surface area contributed by atoms with Gasteiger partial charge in [-0.25, -0.2) is 9.18 Å². The van der Waals surface area contributed by atoms with Crippen molar-refractivity contribution in [2.45, 2.75) is 25.8 Å². The molecule has 11 nitrogen and oxygen atoms in total. The number of hydrogen-bond donors (Lipinski definition) is 4. The van der Waals surface area contributed by atoms with Gasteiger partial charge in [-0.15, -0.1) is 0 Å². The van der Waals surface area contributed by atoms with Crippen LogP contribution in [0.3, 0.4) is 0 Å². The lowest BCUT2D eigenvalue weighted by Crippen LogP contribution is -2.39. The number of hydrogen-bond acceptors (Lipinski definition) is 7. The van der Waals surface area contributed by atoms with Crippen LogP contribution in [-0.4, -0.2) is 82.6 Å². The molecule has 1 aliphatic heterocycles. The molecule has 3 aromatic rings. The van der Waals surface area contributed by atoms with Crippen LogP contribution in [0.4, 0.5) is 9.18 Å². The van der Waals surface area contributed by atoms with Crippen LogP contribution in [0.5, 0.6) is 5.75 Å². The van der Waals surface area contributed by atoms with Gasteiger partial charge in [0.2, 0.25) is 0 Å². The van der Waals surface area contributed by atoms with Gasteiger partial charge in [-0.3, -0.25) is 19.5 Å². The SMILES string of the molecule is O=C(O)NCCCn1c(=O)c(C(=O)NCCCN2CCOCC2)c(O)c2ncc(Cc3ccc(F)cc3)cc21. The fourth-order valence-corrected chi connectivity index (χ4v) is 4.56. The summed E-state index contributed by atoms with van der Waals surface area (Å²) in [5.41, 5.74) is 0.846. The molecule has 39 heavy (non-hydrogen) atoms. The van der Waals surface area contributed by atoms with Gasteiger partial charge in [0.05, 0.1) is 18.7 Å². The number of carbonyl (C=O) groups is 2. The van der Waals surface area contributed by atoms with E-state index in [-0.39, 0.29) is 30.8 Å². The van der Waals surface area contributed by atoms with Crippen molar-refractivity contribution in [1.29, 1.82) is 0 Å². The Morgan fingerprint density at radius 1 is 1.03 bits per heavy atom. The maximum atomic E-state index is 13.5. The van der Waals surface area contributed by atoms with Gasteiger partial charge in [-0.05, 0) is 55.1 Å². The van der Waals surface area contributed by atoms with E-state index in [9.17, 15) is 23.9 Å². The maximum Gasteiger partial charge on any atom is 0.404 e. The number of aromatic nitrogens is 2. The fourth-order valence-electron chi connectivity index (χ4n) is 4.56. The summed E-state index contributed by atoms with van der Waals surface area (Å²) < 4.78 is 20.0. The molecule has 1 fully saturated rings. The van der Waals surface area contributed by atoms with Crippen LogP contribution in [0.2, 0.25) is 0 Å². The Balaban J connectivity index is 1.58. The number of halogens is 1. The predicted molar refractivity (Wildman–Crippen MR) is 142 cm³/mol.